The molecule has 2 aromatic carbocycles. The molecule has 1 atom stereocenters. The minimum atomic E-state index is -0.494. The molecule has 138 valence electrons. The maximum atomic E-state index is 12.2. The lowest BCUT2D eigenvalue weighted by molar-refractivity contribution is -0.0664. The fourth-order valence-electron chi connectivity index (χ4n) is 2.76. The summed E-state index contributed by atoms with van der Waals surface area (Å²) < 4.78 is 21.6. The van der Waals surface area contributed by atoms with E-state index in [1.165, 1.54) is 0 Å². The molecule has 0 radical (unpaired) electrons. The van der Waals surface area contributed by atoms with Crippen molar-refractivity contribution in [1.29, 1.82) is 0 Å². The average molecular weight is 357 g/mol. The Morgan fingerprint density at radius 1 is 1.08 bits per heavy atom. The molecule has 2 aromatic rings. The van der Waals surface area contributed by atoms with Crippen molar-refractivity contribution in [3.8, 4) is 5.75 Å². The number of alkyl carbamates (subject to hydrolysis) is 1. The van der Waals surface area contributed by atoms with Gasteiger partial charge in [0.05, 0.1) is 26.4 Å². The summed E-state index contributed by atoms with van der Waals surface area (Å²) in [5.41, 5.74) is 1.97. The number of methoxy groups -OCH3 is 1. The lowest BCUT2D eigenvalue weighted by Gasteiger charge is -2.23. The number of amides is 1. The third-order valence-corrected chi connectivity index (χ3v) is 4.11. The molecule has 1 aliphatic rings. The highest BCUT2D eigenvalue weighted by Crippen LogP contribution is 2.17. The van der Waals surface area contributed by atoms with Crippen LogP contribution in [-0.4, -0.2) is 38.7 Å². The summed E-state index contributed by atoms with van der Waals surface area (Å²) in [5, 5.41) is 2.86. The van der Waals surface area contributed by atoms with Crippen LogP contribution < -0.4 is 10.1 Å². The van der Waals surface area contributed by atoms with Crippen molar-refractivity contribution in [2.75, 3.05) is 20.3 Å². The van der Waals surface area contributed by atoms with Crippen LogP contribution in [0.3, 0.4) is 0 Å². The number of rotatable bonds is 7. The Labute approximate surface area is 153 Å². The van der Waals surface area contributed by atoms with E-state index in [9.17, 15) is 4.79 Å². The molecule has 6 heteroatoms. The number of hydrogen-bond donors (Lipinski definition) is 1. The van der Waals surface area contributed by atoms with Crippen LogP contribution in [0, 0.1) is 0 Å². The largest absolute Gasteiger partial charge is 0.497 e. The van der Waals surface area contributed by atoms with Gasteiger partial charge in [0.25, 0.3) is 0 Å². The maximum absolute atomic E-state index is 12.2. The van der Waals surface area contributed by atoms with E-state index in [1.54, 1.807) is 7.11 Å². The number of hydrogen-bond acceptors (Lipinski definition) is 5. The first kappa shape index (κ1) is 18.2. The lowest BCUT2D eigenvalue weighted by Crippen LogP contribution is -2.45. The minimum absolute atomic E-state index is 0.217. The third kappa shape index (κ3) is 5.21. The molecule has 6 nitrogen and oxygen atoms in total. The zero-order valence-corrected chi connectivity index (χ0v) is 14.7. The van der Waals surface area contributed by atoms with Crippen molar-refractivity contribution >= 4 is 6.09 Å². The van der Waals surface area contributed by atoms with Gasteiger partial charge in [0.15, 0.2) is 6.29 Å². The topological polar surface area (TPSA) is 66.0 Å². The summed E-state index contributed by atoms with van der Waals surface area (Å²) in [7, 11) is 1.63. The smallest absolute Gasteiger partial charge is 0.407 e. The van der Waals surface area contributed by atoms with Gasteiger partial charge in [-0.1, -0.05) is 42.5 Å². The van der Waals surface area contributed by atoms with Crippen molar-refractivity contribution in [1.82, 2.24) is 5.32 Å². The fourth-order valence-corrected chi connectivity index (χ4v) is 2.76. The SMILES string of the molecule is COc1ccc(C[C@H](NC(=O)OCc2ccccc2)C2OCCO2)cc1. The second-order valence-corrected chi connectivity index (χ2v) is 5.97. The van der Waals surface area contributed by atoms with Crippen molar-refractivity contribution in [2.45, 2.75) is 25.4 Å². The predicted octanol–water partition coefficient (Wildman–Crippen LogP) is 2.91. The molecule has 0 aliphatic carbocycles. The fraction of sp³-hybridized carbons (Fsp3) is 0.350. The second kappa shape index (κ2) is 9.22. The normalized spacial score (nSPS) is 15.4. The van der Waals surface area contributed by atoms with Crippen molar-refractivity contribution < 1.29 is 23.7 Å². The molecule has 1 N–H and O–H groups in total. The number of ether oxygens (including phenoxy) is 4. The third-order valence-electron chi connectivity index (χ3n) is 4.11. The molecule has 1 aliphatic heterocycles. The summed E-state index contributed by atoms with van der Waals surface area (Å²) >= 11 is 0. The predicted molar refractivity (Wildman–Crippen MR) is 95.9 cm³/mol. The monoisotopic (exact) mass is 357 g/mol. The van der Waals surface area contributed by atoms with Gasteiger partial charge in [-0.3, -0.25) is 0 Å². The van der Waals surface area contributed by atoms with Gasteiger partial charge in [-0.05, 0) is 29.7 Å². The van der Waals surface area contributed by atoms with E-state index in [0.29, 0.717) is 19.6 Å². The van der Waals surface area contributed by atoms with Gasteiger partial charge >= 0.3 is 6.09 Å². The molecule has 0 bridgehead atoms. The summed E-state index contributed by atoms with van der Waals surface area (Å²) in [5.74, 6) is 0.786. The molecule has 1 heterocycles. The van der Waals surface area contributed by atoms with E-state index in [1.807, 2.05) is 54.6 Å². The van der Waals surface area contributed by atoms with Gasteiger partial charge in [-0.15, -0.1) is 0 Å². The summed E-state index contributed by atoms with van der Waals surface area (Å²) in [6.07, 6.45) is -0.414. The summed E-state index contributed by atoms with van der Waals surface area (Å²) in [6.45, 7) is 1.25. The lowest BCUT2D eigenvalue weighted by atomic mass is 10.1. The summed E-state index contributed by atoms with van der Waals surface area (Å²) in [4.78, 5) is 12.2. The Morgan fingerprint density at radius 2 is 1.77 bits per heavy atom. The molecule has 1 amide bonds. The van der Waals surface area contributed by atoms with E-state index in [2.05, 4.69) is 5.32 Å². The minimum Gasteiger partial charge on any atom is -0.497 e. The van der Waals surface area contributed by atoms with Gasteiger partial charge in [0.2, 0.25) is 0 Å². The molecule has 26 heavy (non-hydrogen) atoms. The Bertz CT molecular complexity index is 683. The second-order valence-electron chi connectivity index (χ2n) is 5.97. The number of nitrogens with one attached hydrogen (secondary N) is 1. The Kier molecular flexibility index (Phi) is 6.46. The van der Waals surface area contributed by atoms with Crippen molar-refractivity contribution in [3.63, 3.8) is 0 Å². The standard InChI is InChI=1S/C20H23NO5/c1-23-17-9-7-15(8-10-17)13-18(19-24-11-12-25-19)21-20(22)26-14-16-5-3-2-4-6-16/h2-10,18-19H,11-14H2,1H3,(H,21,22)/t18-/m0/s1. The Hall–Kier alpha value is -2.57. The van der Waals surface area contributed by atoms with E-state index < -0.39 is 12.4 Å². The number of carbonyl (C=O) groups is 1. The molecular weight excluding hydrogens is 334 g/mol. The van der Waals surface area contributed by atoms with E-state index in [4.69, 9.17) is 18.9 Å². The highest BCUT2D eigenvalue weighted by Gasteiger charge is 2.29. The first-order valence-electron chi connectivity index (χ1n) is 8.58. The van der Waals surface area contributed by atoms with Crippen LogP contribution in [0.5, 0.6) is 5.75 Å². The molecule has 0 saturated carbocycles. The molecule has 0 spiro atoms. The van der Waals surface area contributed by atoms with Crippen LogP contribution in [0.15, 0.2) is 54.6 Å². The first-order chi connectivity index (χ1) is 12.7. The first-order valence-corrected chi connectivity index (χ1v) is 8.58. The van der Waals surface area contributed by atoms with Crippen LogP contribution in [-0.2, 0) is 27.2 Å². The van der Waals surface area contributed by atoms with Gasteiger partial charge in [0.1, 0.15) is 12.4 Å². The van der Waals surface area contributed by atoms with Crippen LogP contribution >= 0.6 is 0 Å². The number of benzene rings is 2. The Balaban J connectivity index is 1.59. The van der Waals surface area contributed by atoms with Gasteiger partial charge in [-0.25, -0.2) is 4.79 Å². The van der Waals surface area contributed by atoms with Gasteiger partial charge < -0.3 is 24.3 Å². The van der Waals surface area contributed by atoms with E-state index in [0.717, 1.165) is 16.9 Å². The molecule has 1 fully saturated rings. The maximum Gasteiger partial charge on any atom is 0.407 e. The average Bonchev–Trinajstić information content (AvgIpc) is 3.22. The molecule has 0 aromatic heterocycles. The highest BCUT2D eigenvalue weighted by atomic mass is 16.7. The van der Waals surface area contributed by atoms with Crippen LogP contribution in [0.25, 0.3) is 0 Å². The van der Waals surface area contributed by atoms with Crippen LogP contribution in [0.2, 0.25) is 0 Å². The van der Waals surface area contributed by atoms with Crippen LogP contribution in [0.1, 0.15) is 11.1 Å². The van der Waals surface area contributed by atoms with Crippen molar-refractivity contribution in [2.24, 2.45) is 0 Å². The zero-order valence-electron chi connectivity index (χ0n) is 14.7. The van der Waals surface area contributed by atoms with Gasteiger partial charge in [0, 0.05) is 0 Å². The zero-order chi connectivity index (χ0) is 18.2. The van der Waals surface area contributed by atoms with Crippen LogP contribution in [0.4, 0.5) is 4.79 Å². The van der Waals surface area contributed by atoms with Gasteiger partial charge in [-0.2, -0.15) is 0 Å². The molecule has 1 saturated heterocycles. The quantitative estimate of drug-likeness (QED) is 0.825. The molecule has 0 unspecified atom stereocenters. The molecule has 3 rings (SSSR count). The Morgan fingerprint density at radius 3 is 2.42 bits per heavy atom. The molecular formula is C20H23NO5. The van der Waals surface area contributed by atoms with E-state index >= 15 is 0 Å². The van der Waals surface area contributed by atoms with E-state index in [-0.39, 0.29) is 12.6 Å². The van der Waals surface area contributed by atoms with Crippen molar-refractivity contribution in [3.05, 3.63) is 65.7 Å². The summed E-state index contributed by atoms with van der Waals surface area (Å²) in [6, 6.07) is 16.9. The highest BCUT2D eigenvalue weighted by molar-refractivity contribution is 5.67. The number of carbonyl (C=O) groups excluding carboxylic acids is 1.